The predicted molar refractivity (Wildman–Crippen MR) is 112 cm³/mol. The lowest BCUT2D eigenvalue weighted by atomic mass is 10.1. The first-order valence-electron chi connectivity index (χ1n) is 9.64. The first-order chi connectivity index (χ1) is 14.6. The van der Waals surface area contributed by atoms with Crippen LogP contribution in [0, 0.1) is 5.82 Å². The third-order valence-electron chi connectivity index (χ3n) is 4.84. The first kappa shape index (κ1) is 19.6. The SMILES string of the molecule is COc1ccc(C2=NN(C(=O)c3cccc(F)c3)CC2)cc1OCc1ccccc1. The minimum absolute atomic E-state index is 0.279. The lowest BCUT2D eigenvalue weighted by molar-refractivity contribution is 0.0778. The quantitative estimate of drug-likeness (QED) is 0.600. The van der Waals surface area contributed by atoms with Crippen molar-refractivity contribution < 1.29 is 18.7 Å². The molecule has 6 heteroatoms. The van der Waals surface area contributed by atoms with E-state index >= 15 is 0 Å². The molecule has 0 bridgehead atoms. The van der Waals surface area contributed by atoms with Gasteiger partial charge in [-0.3, -0.25) is 4.79 Å². The molecule has 0 aliphatic carbocycles. The van der Waals surface area contributed by atoms with Crippen molar-refractivity contribution >= 4 is 11.6 Å². The minimum atomic E-state index is -0.445. The van der Waals surface area contributed by atoms with E-state index < -0.39 is 5.82 Å². The van der Waals surface area contributed by atoms with Gasteiger partial charge in [-0.1, -0.05) is 36.4 Å². The number of halogens is 1. The number of carbonyl (C=O) groups is 1. The second kappa shape index (κ2) is 8.78. The molecule has 152 valence electrons. The summed E-state index contributed by atoms with van der Waals surface area (Å²) in [6.07, 6.45) is 0.603. The van der Waals surface area contributed by atoms with Crippen molar-refractivity contribution in [3.05, 3.63) is 95.3 Å². The Bertz CT molecular complexity index is 1080. The third-order valence-corrected chi connectivity index (χ3v) is 4.84. The van der Waals surface area contributed by atoms with Gasteiger partial charge in [0.05, 0.1) is 19.4 Å². The molecule has 0 spiro atoms. The molecule has 1 amide bonds. The monoisotopic (exact) mass is 404 g/mol. The Kier molecular flexibility index (Phi) is 5.75. The third kappa shape index (κ3) is 4.33. The Balaban J connectivity index is 1.53. The number of benzene rings is 3. The van der Waals surface area contributed by atoms with E-state index in [2.05, 4.69) is 5.10 Å². The molecule has 0 atom stereocenters. The highest BCUT2D eigenvalue weighted by atomic mass is 19.1. The standard InChI is InChI=1S/C24H21FN2O3/c1-29-22-11-10-18(15-23(22)30-16-17-6-3-2-4-7-17)21-12-13-27(26-21)24(28)19-8-5-9-20(25)14-19/h2-11,14-15H,12-13,16H2,1H3. The summed E-state index contributed by atoms with van der Waals surface area (Å²) in [5.41, 5.74) is 2.96. The molecular weight excluding hydrogens is 383 g/mol. The number of hydrogen-bond acceptors (Lipinski definition) is 4. The van der Waals surface area contributed by atoms with Crippen LogP contribution >= 0.6 is 0 Å². The summed E-state index contributed by atoms with van der Waals surface area (Å²) < 4.78 is 24.8. The van der Waals surface area contributed by atoms with Gasteiger partial charge < -0.3 is 9.47 Å². The average Bonchev–Trinajstić information content (AvgIpc) is 3.28. The number of amides is 1. The summed E-state index contributed by atoms with van der Waals surface area (Å²) in [5.74, 6) is 0.468. The van der Waals surface area contributed by atoms with Gasteiger partial charge >= 0.3 is 0 Å². The van der Waals surface area contributed by atoms with E-state index in [1.807, 2.05) is 48.5 Å². The largest absolute Gasteiger partial charge is 0.493 e. The molecule has 4 rings (SSSR count). The minimum Gasteiger partial charge on any atom is -0.493 e. The Labute approximate surface area is 174 Å². The fraction of sp³-hybridized carbons (Fsp3) is 0.167. The molecule has 0 saturated heterocycles. The van der Waals surface area contributed by atoms with Crippen LogP contribution in [0.15, 0.2) is 77.9 Å². The van der Waals surface area contributed by atoms with Crippen molar-refractivity contribution in [2.24, 2.45) is 5.10 Å². The Morgan fingerprint density at radius 3 is 2.63 bits per heavy atom. The average molecular weight is 404 g/mol. The van der Waals surface area contributed by atoms with Gasteiger partial charge in [-0.2, -0.15) is 5.10 Å². The highest BCUT2D eigenvalue weighted by Crippen LogP contribution is 2.30. The summed E-state index contributed by atoms with van der Waals surface area (Å²) in [6, 6.07) is 21.1. The van der Waals surface area contributed by atoms with Gasteiger partial charge in [0.25, 0.3) is 5.91 Å². The summed E-state index contributed by atoms with van der Waals surface area (Å²) >= 11 is 0. The van der Waals surface area contributed by atoms with Crippen molar-refractivity contribution in [3.63, 3.8) is 0 Å². The molecule has 5 nitrogen and oxygen atoms in total. The van der Waals surface area contributed by atoms with Crippen LogP contribution in [0.3, 0.4) is 0 Å². The van der Waals surface area contributed by atoms with E-state index in [-0.39, 0.29) is 11.5 Å². The number of methoxy groups -OCH3 is 1. The molecule has 0 aromatic heterocycles. The molecule has 1 heterocycles. The zero-order valence-electron chi connectivity index (χ0n) is 16.5. The number of hydrogen-bond donors (Lipinski definition) is 0. The van der Waals surface area contributed by atoms with E-state index in [0.29, 0.717) is 31.1 Å². The van der Waals surface area contributed by atoms with Gasteiger partial charge in [-0.25, -0.2) is 9.40 Å². The Hall–Kier alpha value is -3.67. The van der Waals surface area contributed by atoms with Crippen LogP contribution in [0.1, 0.15) is 27.9 Å². The molecule has 0 radical (unpaired) electrons. The van der Waals surface area contributed by atoms with E-state index in [9.17, 15) is 9.18 Å². The zero-order valence-corrected chi connectivity index (χ0v) is 16.5. The second-order valence-corrected chi connectivity index (χ2v) is 6.88. The Morgan fingerprint density at radius 2 is 1.87 bits per heavy atom. The van der Waals surface area contributed by atoms with Crippen LogP contribution in [0.5, 0.6) is 11.5 Å². The molecule has 0 unspecified atom stereocenters. The molecular formula is C24H21FN2O3. The zero-order chi connectivity index (χ0) is 20.9. The number of rotatable bonds is 6. The highest BCUT2D eigenvalue weighted by molar-refractivity contribution is 6.04. The van der Waals surface area contributed by atoms with Crippen LogP contribution in [0.4, 0.5) is 4.39 Å². The maximum Gasteiger partial charge on any atom is 0.274 e. The molecule has 1 aliphatic heterocycles. The molecule has 3 aromatic carbocycles. The van der Waals surface area contributed by atoms with Gasteiger partial charge in [0.1, 0.15) is 12.4 Å². The number of nitrogens with zero attached hydrogens (tertiary/aromatic N) is 2. The molecule has 3 aromatic rings. The predicted octanol–water partition coefficient (Wildman–Crippen LogP) is 4.66. The van der Waals surface area contributed by atoms with Crippen molar-refractivity contribution in [1.29, 1.82) is 0 Å². The van der Waals surface area contributed by atoms with Crippen LogP contribution in [-0.2, 0) is 6.61 Å². The molecule has 30 heavy (non-hydrogen) atoms. The van der Waals surface area contributed by atoms with Gasteiger partial charge in [-0.15, -0.1) is 0 Å². The fourth-order valence-corrected chi connectivity index (χ4v) is 3.28. The molecule has 0 N–H and O–H groups in total. The maximum atomic E-state index is 13.4. The van der Waals surface area contributed by atoms with E-state index in [4.69, 9.17) is 9.47 Å². The van der Waals surface area contributed by atoms with Gasteiger partial charge in [0.15, 0.2) is 11.5 Å². The lowest BCUT2D eigenvalue weighted by Gasteiger charge is -2.12. The maximum absolute atomic E-state index is 13.4. The van der Waals surface area contributed by atoms with Crippen LogP contribution in [0.25, 0.3) is 0 Å². The number of hydrazone groups is 1. The molecule has 0 fully saturated rings. The second-order valence-electron chi connectivity index (χ2n) is 6.88. The van der Waals surface area contributed by atoms with Crippen LogP contribution in [-0.4, -0.2) is 30.3 Å². The van der Waals surface area contributed by atoms with E-state index in [1.54, 1.807) is 13.2 Å². The van der Waals surface area contributed by atoms with Crippen molar-refractivity contribution in [2.45, 2.75) is 13.0 Å². The van der Waals surface area contributed by atoms with Crippen molar-refractivity contribution in [1.82, 2.24) is 5.01 Å². The van der Waals surface area contributed by atoms with Crippen LogP contribution < -0.4 is 9.47 Å². The van der Waals surface area contributed by atoms with E-state index in [1.165, 1.54) is 23.2 Å². The summed E-state index contributed by atoms with van der Waals surface area (Å²) in [4.78, 5) is 12.6. The van der Waals surface area contributed by atoms with Gasteiger partial charge in [0.2, 0.25) is 0 Å². The normalized spacial score (nSPS) is 13.1. The van der Waals surface area contributed by atoms with E-state index in [0.717, 1.165) is 16.8 Å². The van der Waals surface area contributed by atoms with Gasteiger partial charge in [-0.05, 0) is 42.0 Å². The van der Waals surface area contributed by atoms with Crippen LogP contribution in [0.2, 0.25) is 0 Å². The van der Waals surface area contributed by atoms with Gasteiger partial charge in [0, 0.05) is 17.5 Å². The first-order valence-corrected chi connectivity index (χ1v) is 9.64. The number of carbonyl (C=O) groups excluding carboxylic acids is 1. The topological polar surface area (TPSA) is 51.1 Å². The summed E-state index contributed by atoms with van der Waals surface area (Å²) in [7, 11) is 1.59. The molecule has 0 saturated carbocycles. The number of ether oxygens (including phenoxy) is 2. The molecule has 1 aliphatic rings. The lowest BCUT2D eigenvalue weighted by Crippen LogP contribution is -2.23. The summed E-state index contributed by atoms with van der Waals surface area (Å²) in [6.45, 7) is 0.855. The Morgan fingerprint density at radius 1 is 1.03 bits per heavy atom. The summed E-state index contributed by atoms with van der Waals surface area (Å²) in [5, 5.41) is 5.83. The highest BCUT2D eigenvalue weighted by Gasteiger charge is 2.23. The fourth-order valence-electron chi connectivity index (χ4n) is 3.28. The van der Waals surface area contributed by atoms with Crippen molar-refractivity contribution in [2.75, 3.05) is 13.7 Å². The van der Waals surface area contributed by atoms with Crippen molar-refractivity contribution in [3.8, 4) is 11.5 Å². The smallest absolute Gasteiger partial charge is 0.274 e.